The molecule has 0 aliphatic heterocycles. The van der Waals surface area contributed by atoms with Crippen molar-refractivity contribution in [3.63, 3.8) is 0 Å². The van der Waals surface area contributed by atoms with Crippen LogP contribution in [-0.4, -0.2) is 78.7 Å². The Kier molecular flexibility index (Phi) is 20.6. The van der Waals surface area contributed by atoms with Gasteiger partial charge in [0.25, 0.3) is 0 Å². The minimum absolute atomic E-state index is 0.117. The molecule has 6 amide bonds. The van der Waals surface area contributed by atoms with E-state index < -0.39 is 47.8 Å². The van der Waals surface area contributed by atoms with E-state index in [-0.39, 0.29) is 43.6 Å². The van der Waals surface area contributed by atoms with Crippen LogP contribution in [0.4, 0.5) is 0 Å². The summed E-state index contributed by atoms with van der Waals surface area (Å²) >= 11 is 0. The lowest BCUT2D eigenvalue weighted by Gasteiger charge is -2.24. The Balaban J connectivity index is 2.87. The summed E-state index contributed by atoms with van der Waals surface area (Å²) in [6.45, 7) is 9.51. The minimum Gasteiger partial charge on any atom is -0.370 e. The van der Waals surface area contributed by atoms with E-state index in [2.05, 4.69) is 31.9 Å². The standard InChI is InChI=1S/C36H57N9O6/c1-6-30(46)43-27(20-23(2)3)34(50)44-28(21-24(4)5)35(51)45-29(22-25-14-8-7-9-15-25)33(49)40-18-13-11-17-31(47)42-26(32(37)48)16-10-12-19-41-36(38)39/h7-9,14-15,20-21,26-29H,6,10-13,16-19,22H2,1-5H3,(H2,37,48)(H,40,49)(H,42,47)(H,43,46)(H,44,50)(H,45,51)(H4,38,39,41)/t26-,27-,28-,29-/m1/s1. The molecule has 0 radical (unpaired) electrons. The van der Waals surface area contributed by atoms with E-state index in [4.69, 9.17) is 16.9 Å². The predicted molar refractivity (Wildman–Crippen MR) is 197 cm³/mol. The fourth-order valence-electron chi connectivity index (χ4n) is 4.87. The normalized spacial score (nSPS) is 12.8. The molecule has 0 spiro atoms. The van der Waals surface area contributed by atoms with Crippen LogP contribution in [0.3, 0.4) is 0 Å². The number of nitrogens with one attached hydrogen (secondary N) is 7. The lowest BCUT2D eigenvalue weighted by molar-refractivity contribution is -0.132. The fraction of sp³-hybridized carbons (Fsp3) is 0.528. The summed E-state index contributed by atoms with van der Waals surface area (Å²) in [6.07, 6.45) is 6.13. The summed E-state index contributed by atoms with van der Waals surface area (Å²) < 4.78 is 0. The highest BCUT2D eigenvalue weighted by Gasteiger charge is 2.28. The lowest BCUT2D eigenvalue weighted by Crippen LogP contribution is -2.56. The first-order valence-corrected chi connectivity index (χ1v) is 17.3. The van der Waals surface area contributed by atoms with Crippen molar-refractivity contribution in [1.29, 1.82) is 5.41 Å². The summed E-state index contributed by atoms with van der Waals surface area (Å²) in [4.78, 5) is 76.6. The molecule has 0 saturated carbocycles. The number of carbonyl (C=O) groups excluding carboxylic acids is 6. The number of allylic oxidation sites excluding steroid dienone is 2. The van der Waals surface area contributed by atoms with E-state index in [0.29, 0.717) is 38.6 Å². The van der Waals surface area contributed by atoms with E-state index in [0.717, 1.165) is 16.7 Å². The quantitative estimate of drug-likeness (QED) is 0.0341. The summed E-state index contributed by atoms with van der Waals surface area (Å²) in [5, 5.41) is 23.5. The molecule has 0 aromatic heterocycles. The molecule has 15 heteroatoms. The minimum atomic E-state index is -1.12. The van der Waals surface area contributed by atoms with Gasteiger partial charge in [0.05, 0.1) is 0 Å². The second-order valence-electron chi connectivity index (χ2n) is 12.7. The summed E-state index contributed by atoms with van der Waals surface area (Å²) in [5.74, 6) is -3.05. The molecule has 282 valence electrons. The zero-order valence-electron chi connectivity index (χ0n) is 30.5. The maximum Gasteiger partial charge on any atom is 0.247 e. The molecule has 0 bridgehead atoms. The highest BCUT2D eigenvalue weighted by Crippen LogP contribution is 2.07. The van der Waals surface area contributed by atoms with Crippen LogP contribution in [-0.2, 0) is 35.2 Å². The van der Waals surface area contributed by atoms with Crippen molar-refractivity contribution in [3.05, 3.63) is 59.2 Å². The van der Waals surface area contributed by atoms with Crippen molar-refractivity contribution in [1.82, 2.24) is 31.9 Å². The molecule has 1 aromatic carbocycles. The number of carbonyl (C=O) groups is 6. The van der Waals surface area contributed by atoms with Crippen molar-refractivity contribution in [2.75, 3.05) is 13.1 Å². The number of rotatable bonds is 23. The molecular weight excluding hydrogens is 654 g/mol. The van der Waals surface area contributed by atoms with Gasteiger partial charge in [0.1, 0.15) is 24.2 Å². The Bertz CT molecular complexity index is 1390. The second kappa shape index (κ2) is 24.0. The van der Waals surface area contributed by atoms with Crippen molar-refractivity contribution in [2.24, 2.45) is 11.5 Å². The van der Waals surface area contributed by atoms with E-state index in [1.54, 1.807) is 46.8 Å². The van der Waals surface area contributed by atoms with Crippen LogP contribution in [0.1, 0.15) is 85.1 Å². The van der Waals surface area contributed by atoms with Gasteiger partial charge in [0, 0.05) is 32.4 Å². The van der Waals surface area contributed by atoms with Crippen molar-refractivity contribution < 1.29 is 28.8 Å². The summed E-state index contributed by atoms with van der Waals surface area (Å²) in [5.41, 5.74) is 13.1. The van der Waals surface area contributed by atoms with Crippen molar-refractivity contribution >= 4 is 41.4 Å². The van der Waals surface area contributed by atoms with Crippen LogP contribution < -0.4 is 43.4 Å². The third-order valence-electron chi connectivity index (χ3n) is 7.46. The monoisotopic (exact) mass is 711 g/mol. The Morgan fingerprint density at radius 2 is 1.25 bits per heavy atom. The van der Waals surface area contributed by atoms with Gasteiger partial charge in [-0.25, -0.2) is 0 Å². The number of nitrogens with two attached hydrogens (primary N) is 2. The van der Waals surface area contributed by atoms with Crippen LogP contribution in [0.5, 0.6) is 0 Å². The third kappa shape index (κ3) is 19.5. The molecule has 0 aliphatic carbocycles. The van der Waals surface area contributed by atoms with E-state index in [1.165, 1.54) is 0 Å². The molecule has 15 nitrogen and oxygen atoms in total. The van der Waals surface area contributed by atoms with Gasteiger partial charge in [-0.1, -0.05) is 60.6 Å². The zero-order valence-corrected chi connectivity index (χ0v) is 30.5. The maximum atomic E-state index is 13.6. The van der Waals surface area contributed by atoms with Crippen LogP contribution in [0.2, 0.25) is 0 Å². The molecule has 1 aromatic rings. The summed E-state index contributed by atoms with van der Waals surface area (Å²) in [7, 11) is 0. The van der Waals surface area contributed by atoms with Crippen molar-refractivity contribution in [3.8, 4) is 0 Å². The van der Waals surface area contributed by atoms with Gasteiger partial charge in [-0.15, -0.1) is 0 Å². The molecule has 0 fully saturated rings. The zero-order chi connectivity index (χ0) is 38.3. The predicted octanol–water partition coefficient (Wildman–Crippen LogP) is 0.936. The molecular formula is C36H57N9O6. The van der Waals surface area contributed by atoms with Gasteiger partial charge in [-0.05, 0) is 65.4 Å². The van der Waals surface area contributed by atoms with Crippen LogP contribution in [0.25, 0.3) is 0 Å². The number of amides is 6. The Labute approximate surface area is 301 Å². The average Bonchev–Trinajstić information content (AvgIpc) is 3.06. The Hall–Kier alpha value is -5.21. The molecule has 51 heavy (non-hydrogen) atoms. The maximum absolute atomic E-state index is 13.6. The highest BCUT2D eigenvalue weighted by atomic mass is 16.2. The Morgan fingerprint density at radius 1 is 0.686 bits per heavy atom. The van der Waals surface area contributed by atoms with Crippen LogP contribution in [0, 0.1) is 5.41 Å². The lowest BCUT2D eigenvalue weighted by atomic mass is 10.0. The van der Waals surface area contributed by atoms with E-state index in [1.807, 2.05) is 30.3 Å². The topological polar surface area (TPSA) is 250 Å². The van der Waals surface area contributed by atoms with Gasteiger partial charge in [0.2, 0.25) is 35.4 Å². The Morgan fingerprint density at radius 3 is 1.82 bits per heavy atom. The fourth-order valence-corrected chi connectivity index (χ4v) is 4.87. The van der Waals surface area contributed by atoms with Gasteiger partial charge in [0.15, 0.2) is 5.96 Å². The first-order chi connectivity index (χ1) is 24.1. The van der Waals surface area contributed by atoms with Gasteiger partial charge in [-0.3, -0.25) is 34.2 Å². The van der Waals surface area contributed by atoms with Crippen molar-refractivity contribution in [2.45, 2.75) is 110 Å². The number of unbranched alkanes of at least 4 members (excludes halogenated alkanes) is 2. The number of benzene rings is 1. The number of hydrogen-bond acceptors (Lipinski definition) is 7. The van der Waals surface area contributed by atoms with Gasteiger partial charge >= 0.3 is 0 Å². The first-order valence-electron chi connectivity index (χ1n) is 17.3. The molecule has 11 N–H and O–H groups in total. The molecule has 0 aliphatic rings. The molecule has 1 rings (SSSR count). The van der Waals surface area contributed by atoms with Gasteiger partial charge in [-0.2, -0.15) is 0 Å². The van der Waals surface area contributed by atoms with Crippen LogP contribution in [0.15, 0.2) is 53.6 Å². The molecule has 0 heterocycles. The highest BCUT2D eigenvalue weighted by molar-refractivity contribution is 5.96. The smallest absolute Gasteiger partial charge is 0.247 e. The third-order valence-corrected chi connectivity index (χ3v) is 7.46. The van der Waals surface area contributed by atoms with E-state index in [9.17, 15) is 28.8 Å². The largest absolute Gasteiger partial charge is 0.370 e. The average molecular weight is 712 g/mol. The van der Waals surface area contributed by atoms with Gasteiger partial charge < -0.3 is 43.4 Å². The molecule has 4 atom stereocenters. The number of primary amides is 1. The summed E-state index contributed by atoms with van der Waals surface area (Å²) in [6, 6.07) is 5.25. The second-order valence-corrected chi connectivity index (χ2v) is 12.7. The number of guanidine groups is 1. The SMILES string of the molecule is CCC(=O)N[C@H](C=C(C)C)C(=O)N[C@H](C=C(C)C)C(=O)N[C@H](Cc1ccccc1)C(=O)NCCCCC(=O)N[C@H](CCCCNC(=N)N)C(N)=O. The number of hydrogen-bond donors (Lipinski definition) is 9. The molecule has 0 saturated heterocycles. The molecule has 0 unspecified atom stereocenters. The van der Waals surface area contributed by atoms with Crippen LogP contribution >= 0.6 is 0 Å². The first kappa shape index (κ1) is 43.8. The van der Waals surface area contributed by atoms with E-state index >= 15 is 0 Å².